The Balaban J connectivity index is 1.13. The van der Waals surface area contributed by atoms with Gasteiger partial charge in [-0.2, -0.15) is 0 Å². The third kappa shape index (κ3) is 8.19. The van der Waals surface area contributed by atoms with E-state index in [0.29, 0.717) is 12.8 Å². The average molecular weight is 1090 g/mol. The third-order valence-corrected chi connectivity index (χ3v) is 18.7. The lowest BCUT2D eigenvalue weighted by Crippen LogP contribution is -2.57. The first-order chi connectivity index (χ1) is 41.6. The first kappa shape index (κ1) is 50.7. The molecular formula is C80H62O4. The van der Waals surface area contributed by atoms with Crippen molar-refractivity contribution in [3.8, 4) is 0 Å². The molecule has 1 aliphatic heterocycles. The summed E-state index contributed by atoms with van der Waals surface area (Å²) in [4.78, 5) is 0. The second-order valence-corrected chi connectivity index (χ2v) is 23.3. The van der Waals surface area contributed by atoms with E-state index in [1.54, 1.807) is 0 Å². The first-order valence-corrected chi connectivity index (χ1v) is 29.9. The highest BCUT2D eigenvalue weighted by Crippen LogP contribution is 2.60. The highest BCUT2D eigenvalue weighted by atomic mass is 16.8. The molecule has 0 bridgehead atoms. The van der Waals surface area contributed by atoms with Crippen LogP contribution in [0.25, 0.3) is 86.2 Å². The van der Waals surface area contributed by atoms with Gasteiger partial charge >= 0.3 is 0 Å². The van der Waals surface area contributed by atoms with E-state index in [0.717, 1.165) is 117 Å². The minimum absolute atomic E-state index is 0.262. The predicted octanol–water partition coefficient (Wildman–Crippen LogP) is 20.0. The van der Waals surface area contributed by atoms with Gasteiger partial charge in [-0.3, -0.25) is 0 Å². The number of hydrogen-bond acceptors (Lipinski definition) is 4. The second-order valence-electron chi connectivity index (χ2n) is 23.3. The molecule has 406 valence electrons. The van der Waals surface area contributed by atoms with E-state index in [1.165, 1.54) is 21.5 Å². The Morgan fingerprint density at radius 3 is 0.833 bits per heavy atom. The van der Waals surface area contributed by atoms with E-state index in [2.05, 4.69) is 279 Å². The zero-order valence-electron chi connectivity index (χ0n) is 46.8. The highest BCUT2D eigenvalue weighted by molar-refractivity contribution is 6.14. The molecule has 2 aliphatic rings. The minimum atomic E-state index is -1.45. The predicted molar refractivity (Wildman–Crippen MR) is 345 cm³/mol. The molecular weight excluding hydrogens is 1020 g/mol. The maximum absolute atomic E-state index is 8.56. The number of ether oxygens (including phenoxy) is 4. The topological polar surface area (TPSA) is 36.9 Å². The Bertz CT molecular complexity index is 4270. The van der Waals surface area contributed by atoms with Gasteiger partial charge in [0.05, 0.1) is 13.2 Å². The zero-order valence-corrected chi connectivity index (χ0v) is 46.8. The Labute approximate surface area is 489 Å². The Kier molecular flexibility index (Phi) is 12.5. The van der Waals surface area contributed by atoms with E-state index < -0.39 is 29.2 Å². The number of hydrogen-bond donors (Lipinski definition) is 0. The van der Waals surface area contributed by atoms with Gasteiger partial charge in [-0.1, -0.05) is 261 Å². The van der Waals surface area contributed by atoms with Gasteiger partial charge in [0.2, 0.25) is 0 Å². The summed E-state index contributed by atoms with van der Waals surface area (Å²) in [6.45, 7) is 0.525. The Morgan fingerprint density at radius 1 is 0.286 bits per heavy atom. The van der Waals surface area contributed by atoms with Gasteiger partial charge in [-0.05, 0) is 157 Å². The fourth-order valence-electron chi connectivity index (χ4n) is 14.9. The standard InChI is InChI=1S/C80H62O4/c1-4-26-54(27-5-1)52-81-79(72-48-56-30-8-12-34-60(56)64-38-16-20-42-68(64)72,73-49-57-31-9-13-35-61(57)65-39-17-21-43-69(65)73)76-77(84-78(83-76)46-24-3-25-47-78)80(82-53-55-28-6-2-7-29-55,74-50-58-32-10-14-36-62(58)66-40-18-22-44-70(66)74)75-51-59-33-11-15-37-63(59)67-41-19-23-45-71(67)75/h1-2,4-23,26-45,48-51,76-77H,3,24-25,46-47,52-53H2. The van der Waals surface area contributed by atoms with Crippen molar-refractivity contribution in [2.24, 2.45) is 0 Å². The van der Waals surface area contributed by atoms with Crippen LogP contribution in [-0.4, -0.2) is 18.0 Å². The molecule has 0 N–H and O–H groups in total. The van der Waals surface area contributed by atoms with Gasteiger partial charge in [0.15, 0.2) is 5.79 Å². The molecule has 1 saturated carbocycles. The van der Waals surface area contributed by atoms with Crippen LogP contribution in [0.1, 0.15) is 65.5 Å². The molecule has 14 aromatic rings. The molecule has 1 spiro atoms. The monoisotopic (exact) mass is 1090 g/mol. The van der Waals surface area contributed by atoms with Crippen LogP contribution in [0.5, 0.6) is 0 Å². The van der Waals surface area contributed by atoms with Gasteiger partial charge in [-0.15, -0.1) is 0 Å². The molecule has 1 aliphatic carbocycles. The van der Waals surface area contributed by atoms with Crippen LogP contribution in [0.3, 0.4) is 0 Å². The first-order valence-electron chi connectivity index (χ1n) is 29.9. The fraction of sp³-hybridized carbons (Fsp3) is 0.150. The SMILES string of the molecule is c1ccc(COC(c2cc3ccccc3c3ccccc23)(c2cc3ccccc3c3ccccc23)C2OC3(CCCCC3)OC2C(OCc2ccccc2)(c2cc3ccccc3c3ccccc23)c2cc3ccccc3c3ccccc23)cc1. The van der Waals surface area contributed by atoms with E-state index in [9.17, 15) is 0 Å². The molecule has 0 aromatic heterocycles. The van der Waals surface area contributed by atoms with Crippen LogP contribution in [0, 0.1) is 0 Å². The quantitative estimate of drug-likeness (QED) is 0.114. The van der Waals surface area contributed by atoms with E-state index in [1.807, 2.05) is 0 Å². The van der Waals surface area contributed by atoms with Crippen LogP contribution in [-0.2, 0) is 43.4 Å². The van der Waals surface area contributed by atoms with Crippen molar-refractivity contribution in [3.63, 3.8) is 0 Å². The number of fused-ring (bicyclic) bond motifs is 12. The molecule has 0 radical (unpaired) electrons. The van der Waals surface area contributed by atoms with E-state index in [4.69, 9.17) is 18.9 Å². The Hall–Kier alpha value is -9.00. The van der Waals surface area contributed by atoms with E-state index in [-0.39, 0.29) is 13.2 Å². The summed E-state index contributed by atoms with van der Waals surface area (Å²) < 4.78 is 34.2. The van der Waals surface area contributed by atoms with Gasteiger partial charge < -0.3 is 18.9 Å². The van der Waals surface area contributed by atoms with Gasteiger partial charge in [-0.25, -0.2) is 0 Å². The molecule has 1 saturated heterocycles. The van der Waals surface area contributed by atoms with Crippen LogP contribution in [0.4, 0.5) is 0 Å². The lowest BCUT2D eigenvalue weighted by Gasteiger charge is -2.48. The normalized spacial score (nSPS) is 16.5. The summed E-state index contributed by atoms with van der Waals surface area (Å²) >= 11 is 0. The second kappa shape index (κ2) is 20.7. The molecule has 16 rings (SSSR count). The summed E-state index contributed by atoms with van der Waals surface area (Å²) in [5.74, 6) is -1.03. The van der Waals surface area contributed by atoms with Crippen molar-refractivity contribution in [1.82, 2.24) is 0 Å². The smallest absolute Gasteiger partial charge is 0.169 e. The molecule has 84 heavy (non-hydrogen) atoms. The van der Waals surface area contributed by atoms with Gasteiger partial charge in [0.25, 0.3) is 0 Å². The molecule has 4 heteroatoms. The van der Waals surface area contributed by atoms with Gasteiger partial charge in [0.1, 0.15) is 23.4 Å². The van der Waals surface area contributed by atoms with E-state index >= 15 is 0 Å². The summed E-state index contributed by atoms with van der Waals surface area (Å²) in [5, 5.41) is 18.0. The van der Waals surface area contributed by atoms with Crippen LogP contribution < -0.4 is 0 Å². The summed E-state index contributed by atoms with van der Waals surface area (Å²) in [6, 6.07) is 102. The summed E-state index contributed by atoms with van der Waals surface area (Å²) in [6.07, 6.45) is 2.59. The molecule has 2 unspecified atom stereocenters. The molecule has 4 nitrogen and oxygen atoms in total. The Morgan fingerprint density at radius 2 is 0.536 bits per heavy atom. The van der Waals surface area contributed by atoms with Crippen LogP contribution in [0.15, 0.2) is 279 Å². The summed E-state index contributed by atoms with van der Waals surface area (Å²) in [7, 11) is 0. The van der Waals surface area contributed by atoms with Crippen LogP contribution in [0.2, 0.25) is 0 Å². The highest BCUT2D eigenvalue weighted by Gasteiger charge is 2.66. The molecule has 2 atom stereocenters. The maximum Gasteiger partial charge on any atom is 0.169 e. The summed E-state index contributed by atoms with van der Waals surface area (Å²) in [5.41, 5.74) is 3.21. The lowest BCUT2D eigenvalue weighted by atomic mass is 9.68. The maximum atomic E-state index is 8.56. The van der Waals surface area contributed by atoms with Crippen molar-refractivity contribution in [2.45, 2.75) is 74.5 Å². The van der Waals surface area contributed by atoms with Crippen molar-refractivity contribution in [2.75, 3.05) is 0 Å². The largest absolute Gasteiger partial charge is 0.358 e. The third-order valence-electron chi connectivity index (χ3n) is 18.7. The van der Waals surface area contributed by atoms with Crippen molar-refractivity contribution in [1.29, 1.82) is 0 Å². The van der Waals surface area contributed by atoms with Gasteiger partial charge in [0, 0.05) is 12.8 Å². The average Bonchev–Trinajstić information content (AvgIpc) is 1.34. The molecule has 2 fully saturated rings. The number of benzene rings is 14. The lowest BCUT2D eigenvalue weighted by molar-refractivity contribution is -0.219. The van der Waals surface area contributed by atoms with Crippen LogP contribution >= 0.6 is 0 Å². The fourth-order valence-corrected chi connectivity index (χ4v) is 14.9. The van der Waals surface area contributed by atoms with Crippen molar-refractivity contribution in [3.05, 3.63) is 312 Å². The van der Waals surface area contributed by atoms with Crippen molar-refractivity contribution < 1.29 is 18.9 Å². The minimum Gasteiger partial charge on any atom is -0.358 e. The van der Waals surface area contributed by atoms with Crippen molar-refractivity contribution >= 4 is 86.2 Å². The number of rotatable bonds is 12. The zero-order chi connectivity index (χ0) is 55.7. The molecule has 14 aromatic carbocycles. The molecule has 0 amide bonds. The molecule has 1 heterocycles.